The highest BCUT2D eigenvalue weighted by Crippen LogP contribution is 2.57. The van der Waals surface area contributed by atoms with Crippen LogP contribution in [0.2, 0.25) is 0 Å². The van der Waals surface area contributed by atoms with Crippen molar-refractivity contribution in [2.75, 3.05) is 18.1 Å². The number of carbonyl (C=O) groups is 3. The number of thioether (sulfide) groups is 1. The minimum absolute atomic E-state index is 0.0372. The number of esters is 1. The maximum absolute atomic E-state index is 14.1. The molecule has 3 fully saturated rings. The average molecular weight is 602 g/mol. The van der Waals surface area contributed by atoms with Crippen molar-refractivity contribution in [2.24, 2.45) is 21.9 Å². The summed E-state index contributed by atoms with van der Waals surface area (Å²) in [5, 5.41) is 16.5. The molecule has 232 valence electrons. The van der Waals surface area contributed by atoms with Crippen molar-refractivity contribution in [3.05, 3.63) is 34.7 Å². The van der Waals surface area contributed by atoms with Crippen molar-refractivity contribution in [3.63, 3.8) is 0 Å². The quantitative estimate of drug-likeness (QED) is 0.281. The largest absolute Gasteiger partial charge is 0.461 e. The van der Waals surface area contributed by atoms with Crippen LogP contribution in [-0.2, 0) is 25.5 Å². The van der Waals surface area contributed by atoms with E-state index in [1.807, 2.05) is 6.92 Å². The summed E-state index contributed by atoms with van der Waals surface area (Å²) in [5.74, 6) is 0.577. The maximum atomic E-state index is 14.1. The fourth-order valence-corrected chi connectivity index (χ4v) is 8.07. The van der Waals surface area contributed by atoms with E-state index in [2.05, 4.69) is 38.2 Å². The molecule has 0 radical (unpaired) electrons. The van der Waals surface area contributed by atoms with Crippen molar-refractivity contribution in [2.45, 2.75) is 110 Å². The van der Waals surface area contributed by atoms with Crippen LogP contribution in [-0.4, -0.2) is 69.6 Å². The number of nitroso groups, excluding NO2 is 1. The molecule has 2 saturated heterocycles. The molecule has 4 atom stereocenters. The van der Waals surface area contributed by atoms with Crippen LogP contribution < -0.4 is 5.32 Å². The fourth-order valence-electron chi connectivity index (χ4n) is 6.88. The molecule has 2 aliphatic heterocycles. The zero-order valence-electron chi connectivity index (χ0n) is 25.7. The third-order valence-corrected chi connectivity index (χ3v) is 11.5. The van der Waals surface area contributed by atoms with Crippen LogP contribution in [0.5, 0.6) is 0 Å². The number of hydrogen-bond acceptors (Lipinski definition) is 8. The lowest BCUT2D eigenvalue weighted by Crippen LogP contribution is -2.64. The Morgan fingerprint density at radius 2 is 1.76 bits per heavy atom. The molecule has 1 saturated carbocycles. The first kappa shape index (κ1) is 32.5. The van der Waals surface area contributed by atoms with Gasteiger partial charge in [0.2, 0.25) is 11.8 Å². The number of likely N-dealkylation sites (tertiary alicyclic amines) is 1. The van der Waals surface area contributed by atoms with E-state index in [4.69, 9.17) is 4.74 Å². The van der Waals surface area contributed by atoms with E-state index >= 15 is 0 Å². The summed E-state index contributed by atoms with van der Waals surface area (Å²) in [4.78, 5) is 53.0. The highest BCUT2D eigenvalue weighted by Gasteiger charge is 2.50. The van der Waals surface area contributed by atoms with Crippen LogP contribution in [0.1, 0.15) is 85.1 Å². The first-order valence-corrected chi connectivity index (χ1v) is 16.5. The molecule has 2 amide bonds. The number of nitrogens with zero attached hydrogens (tertiary/aromatic N) is 2. The number of rotatable bonds is 10. The number of benzene rings is 1. The second-order valence-electron chi connectivity index (χ2n) is 13.6. The molecule has 1 aromatic rings. The van der Waals surface area contributed by atoms with Crippen LogP contribution in [0.3, 0.4) is 0 Å². The summed E-state index contributed by atoms with van der Waals surface area (Å²) in [7, 11) is 0. The minimum Gasteiger partial charge on any atom is -0.461 e. The topological polar surface area (TPSA) is 125 Å². The van der Waals surface area contributed by atoms with Gasteiger partial charge >= 0.3 is 5.97 Å². The smallest absolute Gasteiger partial charge is 0.329 e. The highest BCUT2D eigenvalue weighted by atomic mass is 32.2. The lowest BCUT2D eigenvalue weighted by Gasteiger charge is -2.41. The molecule has 10 heteroatoms. The van der Waals surface area contributed by atoms with E-state index in [1.54, 1.807) is 28.8 Å². The van der Waals surface area contributed by atoms with Gasteiger partial charge in [0.1, 0.15) is 23.4 Å². The summed E-state index contributed by atoms with van der Waals surface area (Å²) in [6.45, 7) is 11.6. The number of aliphatic hydroxyl groups excluding tert-OH is 1. The van der Waals surface area contributed by atoms with Crippen molar-refractivity contribution in [3.8, 4) is 0 Å². The first-order valence-electron chi connectivity index (χ1n) is 15.3. The Balaban J connectivity index is 1.41. The van der Waals surface area contributed by atoms with Gasteiger partial charge in [-0.05, 0) is 103 Å². The van der Waals surface area contributed by atoms with Crippen molar-refractivity contribution >= 4 is 35.2 Å². The standard InChI is InChI=1S/C32H47N3O6S/c1-21(19-23-12-13-30(2,3)31(23,4)5)41-28(38)25-7-6-16-35(25)29(39)32(14-17-42-18-15-32)33-27(37)26(36)20-22-8-10-24(34-40)11-9-22/h8-11,21,23,25-26,36H,6-7,12-20H2,1-5H3,(H,33,37). The minimum atomic E-state index is -1.37. The average Bonchev–Trinajstić information content (AvgIpc) is 3.52. The Labute approximate surface area is 253 Å². The Bertz CT molecular complexity index is 1150. The number of aliphatic hydroxyl groups is 1. The van der Waals surface area contributed by atoms with E-state index in [0.717, 1.165) is 19.3 Å². The van der Waals surface area contributed by atoms with Crippen molar-refractivity contribution < 1.29 is 24.2 Å². The zero-order chi connectivity index (χ0) is 30.7. The Morgan fingerprint density at radius 1 is 1.10 bits per heavy atom. The van der Waals surface area contributed by atoms with Gasteiger partial charge in [-0.1, -0.05) is 39.8 Å². The van der Waals surface area contributed by atoms with Gasteiger partial charge in [0.25, 0.3) is 0 Å². The number of ether oxygens (including phenoxy) is 1. The molecule has 42 heavy (non-hydrogen) atoms. The van der Waals surface area contributed by atoms with Crippen LogP contribution in [0.4, 0.5) is 5.69 Å². The summed E-state index contributed by atoms with van der Waals surface area (Å²) in [6, 6.07) is 5.66. The molecule has 3 aliphatic rings. The van der Waals surface area contributed by atoms with E-state index < -0.39 is 23.6 Å². The van der Waals surface area contributed by atoms with E-state index in [0.29, 0.717) is 55.2 Å². The molecule has 4 unspecified atom stereocenters. The molecule has 0 aromatic heterocycles. The van der Waals surface area contributed by atoms with E-state index in [9.17, 15) is 24.4 Å². The van der Waals surface area contributed by atoms with Gasteiger partial charge in [-0.25, -0.2) is 4.79 Å². The van der Waals surface area contributed by atoms with Gasteiger partial charge in [-0.3, -0.25) is 9.59 Å². The normalized spacial score (nSPS) is 25.8. The van der Waals surface area contributed by atoms with Gasteiger partial charge in [0.15, 0.2) is 0 Å². The first-order chi connectivity index (χ1) is 19.8. The SMILES string of the molecule is CC(CC1CCC(C)(C)C1(C)C)OC(=O)C1CCCN1C(=O)C1(NC(=O)C(O)Cc2ccc(N=O)cc2)CCSCC1. The monoisotopic (exact) mass is 601 g/mol. The molecular formula is C32H47N3O6S. The molecule has 9 nitrogen and oxygen atoms in total. The lowest BCUT2D eigenvalue weighted by molar-refractivity contribution is -0.160. The van der Waals surface area contributed by atoms with Gasteiger partial charge in [0.05, 0.1) is 6.10 Å². The molecule has 0 spiro atoms. The molecule has 0 bridgehead atoms. The Kier molecular flexibility index (Phi) is 10.1. The molecular weight excluding hydrogens is 554 g/mol. The maximum Gasteiger partial charge on any atom is 0.329 e. The molecule has 1 aliphatic carbocycles. The van der Waals surface area contributed by atoms with Gasteiger partial charge in [-0.15, -0.1) is 4.91 Å². The van der Waals surface area contributed by atoms with E-state index in [-0.39, 0.29) is 40.9 Å². The predicted octanol–water partition coefficient (Wildman–Crippen LogP) is 5.15. The van der Waals surface area contributed by atoms with Gasteiger partial charge < -0.3 is 20.1 Å². The van der Waals surface area contributed by atoms with Crippen molar-refractivity contribution in [1.29, 1.82) is 0 Å². The van der Waals surface area contributed by atoms with Crippen LogP contribution in [0.15, 0.2) is 29.4 Å². The van der Waals surface area contributed by atoms with Crippen LogP contribution in [0.25, 0.3) is 0 Å². The van der Waals surface area contributed by atoms with E-state index in [1.165, 1.54) is 12.1 Å². The summed E-state index contributed by atoms with van der Waals surface area (Å²) in [5.41, 5.74) is 0.140. The van der Waals surface area contributed by atoms with Crippen LogP contribution >= 0.6 is 11.8 Å². The zero-order valence-corrected chi connectivity index (χ0v) is 26.5. The summed E-state index contributed by atoms with van der Waals surface area (Å²) >= 11 is 1.72. The molecule has 4 rings (SSSR count). The van der Waals surface area contributed by atoms with Gasteiger partial charge in [0, 0.05) is 13.0 Å². The molecule has 2 N–H and O–H groups in total. The van der Waals surface area contributed by atoms with Crippen molar-refractivity contribution in [1.82, 2.24) is 10.2 Å². The second kappa shape index (κ2) is 13.0. The lowest BCUT2D eigenvalue weighted by atomic mass is 9.66. The number of hydrogen-bond donors (Lipinski definition) is 2. The molecule has 1 aromatic carbocycles. The van der Waals surface area contributed by atoms with Gasteiger partial charge in [-0.2, -0.15) is 11.8 Å². The Morgan fingerprint density at radius 3 is 2.36 bits per heavy atom. The highest BCUT2D eigenvalue weighted by molar-refractivity contribution is 7.99. The molecule has 2 heterocycles. The summed E-state index contributed by atoms with van der Waals surface area (Å²) < 4.78 is 5.97. The third kappa shape index (κ3) is 6.85. The second-order valence-corrected chi connectivity index (χ2v) is 14.9. The number of nitrogens with one attached hydrogen (secondary N) is 1. The van der Waals surface area contributed by atoms with Crippen LogP contribution in [0, 0.1) is 21.7 Å². The third-order valence-electron chi connectivity index (χ3n) is 10.5. The predicted molar refractivity (Wildman–Crippen MR) is 164 cm³/mol. The Hall–Kier alpha value is -2.46. The fraction of sp³-hybridized carbons (Fsp3) is 0.719. The number of carbonyl (C=O) groups excluding carboxylic acids is 3. The number of amides is 2. The summed E-state index contributed by atoms with van der Waals surface area (Å²) in [6.07, 6.45) is 3.56.